The molecule has 2 aromatic heterocycles. The van der Waals surface area contributed by atoms with Gasteiger partial charge in [-0.25, -0.2) is 9.97 Å². The molecule has 0 atom stereocenters. The summed E-state index contributed by atoms with van der Waals surface area (Å²) in [7, 11) is 0. The molecule has 98 valence electrons. The second-order valence-corrected chi connectivity index (χ2v) is 5.51. The Morgan fingerprint density at radius 1 is 1.28 bits per heavy atom. The summed E-state index contributed by atoms with van der Waals surface area (Å²) >= 11 is 0. The van der Waals surface area contributed by atoms with Crippen molar-refractivity contribution in [2.75, 3.05) is 0 Å². The van der Waals surface area contributed by atoms with Crippen molar-refractivity contribution < 1.29 is 0 Å². The fourth-order valence-electron chi connectivity index (χ4n) is 1.71. The van der Waals surface area contributed by atoms with Gasteiger partial charge in [-0.1, -0.05) is 0 Å². The van der Waals surface area contributed by atoms with Gasteiger partial charge in [-0.05, 0) is 20.8 Å². The van der Waals surface area contributed by atoms with Crippen LogP contribution in [0.15, 0.2) is 25.0 Å². The summed E-state index contributed by atoms with van der Waals surface area (Å²) in [6, 6.07) is 0. The zero-order valence-electron chi connectivity index (χ0n) is 11.3. The molecular formula is C13H21N5. The maximum atomic E-state index is 4.22. The van der Waals surface area contributed by atoms with Gasteiger partial charge in [0.1, 0.15) is 0 Å². The summed E-state index contributed by atoms with van der Waals surface area (Å²) < 4.78 is 2.18. The van der Waals surface area contributed by atoms with Crippen molar-refractivity contribution in [1.82, 2.24) is 24.8 Å². The topological polar surface area (TPSA) is 58.5 Å². The van der Waals surface area contributed by atoms with Crippen molar-refractivity contribution in [1.29, 1.82) is 0 Å². The SMILES string of the molecule is CC(C)(C)NCc1cncn1CCc1cnc[nH]1. The minimum atomic E-state index is 0.123. The second kappa shape index (κ2) is 5.35. The number of nitrogens with zero attached hydrogens (tertiary/aromatic N) is 3. The first-order valence-corrected chi connectivity index (χ1v) is 6.26. The molecule has 0 radical (unpaired) electrons. The molecule has 0 saturated heterocycles. The molecule has 5 nitrogen and oxygen atoms in total. The van der Waals surface area contributed by atoms with Crippen molar-refractivity contribution >= 4 is 0 Å². The Hall–Kier alpha value is -1.62. The molecule has 0 bridgehead atoms. The van der Waals surface area contributed by atoms with Gasteiger partial charge in [0.05, 0.1) is 18.3 Å². The van der Waals surface area contributed by atoms with Crippen LogP contribution in [0.4, 0.5) is 0 Å². The van der Waals surface area contributed by atoms with E-state index in [-0.39, 0.29) is 5.54 Å². The lowest BCUT2D eigenvalue weighted by molar-refractivity contribution is 0.415. The monoisotopic (exact) mass is 247 g/mol. The van der Waals surface area contributed by atoms with Crippen LogP contribution in [0.2, 0.25) is 0 Å². The van der Waals surface area contributed by atoms with Crippen LogP contribution >= 0.6 is 0 Å². The zero-order valence-corrected chi connectivity index (χ0v) is 11.3. The van der Waals surface area contributed by atoms with E-state index in [1.807, 2.05) is 18.7 Å². The number of hydrogen-bond donors (Lipinski definition) is 2. The third-order valence-corrected chi connectivity index (χ3v) is 2.78. The summed E-state index contributed by atoms with van der Waals surface area (Å²) in [4.78, 5) is 11.4. The van der Waals surface area contributed by atoms with Gasteiger partial charge >= 0.3 is 0 Å². The predicted molar refractivity (Wildman–Crippen MR) is 71.1 cm³/mol. The van der Waals surface area contributed by atoms with E-state index in [9.17, 15) is 0 Å². The Morgan fingerprint density at radius 3 is 2.78 bits per heavy atom. The molecule has 18 heavy (non-hydrogen) atoms. The quantitative estimate of drug-likeness (QED) is 0.846. The Bertz CT molecular complexity index is 464. The molecular weight excluding hydrogens is 226 g/mol. The second-order valence-electron chi connectivity index (χ2n) is 5.51. The van der Waals surface area contributed by atoms with Gasteiger partial charge in [0.15, 0.2) is 0 Å². The van der Waals surface area contributed by atoms with Gasteiger partial charge in [-0.2, -0.15) is 0 Å². The van der Waals surface area contributed by atoms with Crippen LogP contribution in [-0.4, -0.2) is 25.1 Å². The largest absolute Gasteiger partial charge is 0.348 e. The highest BCUT2D eigenvalue weighted by Crippen LogP contribution is 2.05. The Balaban J connectivity index is 1.91. The highest BCUT2D eigenvalue weighted by atomic mass is 15.1. The molecule has 2 N–H and O–H groups in total. The molecule has 0 spiro atoms. The smallest absolute Gasteiger partial charge is 0.0948 e. The lowest BCUT2D eigenvalue weighted by Gasteiger charge is -2.20. The van der Waals surface area contributed by atoms with E-state index < -0.39 is 0 Å². The number of H-pyrrole nitrogens is 1. The van der Waals surface area contributed by atoms with Crippen LogP contribution in [0.5, 0.6) is 0 Å². The summed E-state index contributed by atoms with van der Waals surface area (Å²) in [6.07, 6.45) is 8.33. The highest BCUT2D eigenvalue weighted by Gasteiger charge is 2.10. The van der Waals surface area contributed by atoms with Crippen molar-refractivity contribution in [2.24, 2.45) is 0 Å². The lowest BCUT2D eigenvalue weighted by atomic mass is 10.1. The minimum Gasteiger partial charge on any atom is -0.348 e. The molecule has 2 aromatic rings. The Labute approximate surface area is 108 Å². The third kappa shape index (κ3) is 3.70. The van der Waals surface area contributed by atoms with Crippen molar-refractivity contribution in [3.63, 3.8) is 0 Å². The van der Waals surface area contributed by atoms with E-state index >= 15 is 0 Å². The number of nitrogens with one attached hydrogen (secondary N) is 2. The van der Waals surface area contributed by atoms with Gasteiger partial charge in [0.2, 0.25) is 0 Å². The van der Waals surface area contributed by atoms with Gasteiger partial charge < -0.3 is 14.9 Å². The van der Waals surface area contributed by atoms with E-state index in [0.717, 1.165) is 25.2 Å². The standard InChI is InChI=1S/C13H21N5/c1-13(2,3)17-8-12-7-15-10-18(12)5-4-11-6-14-9-16-11/h6-7,9-10,17H,4-5,8H2,1-3H3,(H,14,16). The van der Waals surface area contributed by atoms with Crippen LogP contribution < -0.4 is 5.32 Å². The Kier molecular flexibility index (Phi) is 3.81. The molecule has 0 fully saturated rings. The molecule has 5 heteroatoms. The molecule has 2 heterocycles. The third-order valence-electron chi connectivity index (χ3n) is 2.78. The van der Waals surface area contributed by atoms with E-state index in [2.05, 4.69) is 45.6 Å². The normalized spacial score (nSPS) is 11.9. The fourth-order valence-corrected chi connectivity index (χ4v) is 1.71. The number of aromatic nitrogens is 4. The van der Waals surface area contributed by atoms with E-state index in [1.54, 1.807) is 6.33 Å². The van der Waals surface area contributed by atoms with Crippen molar-refractivity contribution in [3.05, 3.63) is 36.4 Å². The maximum absolute atomic E-state index is 4.22. The molecule has 0 aliphatic heterocycles. The predicted octanol–water partition coefficient (Wildman–Crippen LogP) is 1.74. The highest BCUT2D eigenvalue weighted by molar-refractivity contribution is 5.01. The molecule has 0 amide bonds. The maximum Gasteiger partial charge on any atom is 0.0948 e. The number of hydrogen-bond acceptors (Lipinski definition) is 3. The summed E-state index contributed by atoms with van der Waals surface area (Å²) in [6.45, 7) is 8.25. The first kappa shape index (κ1) is 12.8. The Morgan fingerprint density at radius 2 is 2.11 bits per heavy atom. The minimum absolute atomic E-state index is 0.123. The summed E-state index contributed by atoms with van der Waals surface area (Å²) in [5, 5.41) is 3.48. The molecule has 2 rings (SSSR count). The zero-order chi connectivity index (χ0) is 13.0. The number of aromatic amines is 1. The number of rotatable bonds is 5. The number of aryl methyl sites for hydroxylation is 2. The molecule has 0 unspecified atom stereocenters. The number of imidazole rings is 2. The van der Waals surface area contributed by atoms with E-state index in [1.165, 1.54) is 5.69 Å². The van der Waals surface area contributed by atoms with Crippen molar-refractivity contribution in [3.8, 4) is 0 Å². The first-order valence-electron chi connectivity index (χ1n) is 6.26. The first-order chi connectivity index (χ1) is 8.54. The molecule has 0 aliphatic carbocycles. The summed E-state index contributed by atoms with van der Waals surface area (Å²) in [5.74, 6) is 0. The fraction of sp³-hybridized carbons (Fsp3) is 0.538. The molecule has 0 aromatic carbocycles. The van der Waals surface area contributed by atoms with Gasteiger partial charge in [-0.15, -0.1) is 0 Å². The summed E-state index contributed by atoms with van der Waals surface area (Å²) in [5.41, 5.74) is 2.49. The van der Waals surface area contributed by atoms with E-state index in [0.29, 0.717) is 0 Å². The average Bonchev–Trinajstić information content (AvgIpc) is 2.94. The van der Waals surface area contributed by atoms with E-state index in [4.69, 9.17) is 0 Å². The van der Waals surface area contributed by atoms with Crippen molar-refractivity contribution in [2.45, 2.75) is 45.8 Å². The van der Waals surface area contributed by atoms with Gasteiger partial charge in [0.25, 0.3) is 0 Å². The van der Waals surface area contributed by atoms with Crippen LogP contribution in [0, 0.1) is 0 Å². The van der Waals surface area contributed by atoms with Crippen LogP contribution in [-0.2, 0) is 19.5 Å². The molecule has 0 saturated carbocycles. The van der Waals surface area contributed by atoms with Gasteiger partial charge in [-0.3, -0.25) is 0 Å². The van der Waals surface area contributed by atoms with Gasteiger partial charge in [0, 0.05) is 43.1 Å². The average molecular weight is 247 g/mol. The van der Waals surface area contributed by atoms with Crippen LogP contribution in [0.1, 0.15) is 32.2 Å². The van der Waals surface area contributed by atoms with Crippen LogP contribution in [0.3, 0.4) is 0 Å². The lowest BCUT2D eigenvalue weighted by Crippen LogP contribution is -2.35. The van der Waals surface area contributed by atoms with Crippen LogP contribution in [0.25, 0.3) is 0 Å². The molecule has 0 aliphatic rings.